The average Bonchev–Trinajstić information content (AvgIpc) is 2.63. The molecule has 0 heterocycles. The second kappa shape index (κ2) is 9.09. The van der Waals surface area contributed by atoms with E-state index in [2.05, 4.69) is 31.2 Å². The highest BCUT2D eigenvalue weighted by molar-refractivity contribution is 6.30. The lowest BCUT2D eigenvalue weighted by molar-refractivity contribution is 0.152. The molecule has 0 aromatic heterocycles. The Kier molecular flexibility index (Phi) is 6.84. The van der Waals surface area contributed by atoms with Gasteiger partial charge in [-0.1, -0.05) is 48.7 Å². The van der Waals surface area contributed by atoms with Crippen molar-refractivity contribution in [3.8, 4) is 0 Å². The van der Waals surface area contributed by atoms with Crippen molar-refractivity contribution in [1.29, 1.82) is 0 Å². The molecule has 0 bridgehead atoms. The van der Waals surface area contributed by atoms with Crippen LogP contribution in [0, 0.1) is 23.7 Å². The topological polar surface area (TPSA) is 0 Å². The van der Waals surface area contributed by atoms with Crippen LogP contribution in [0.2, 0.25) is 5.02 Å². The summed E-state index contributed by atoms with van der Waals surface area (Å²) in [5.41, 5.74) is 1.45. The van der Waals surface area contributed by atoms with Gasteiger partial charge in [-0.25, -0.2) is 0 Å². The SMILES string of the molecule is C/C=C/[C@H]1CC[C@H](C2CCC(CCc3ccc(Cl)cc3)CC2)CC1. The highest BCUT2D eigenvalue weighted by Crippen LogP contribution is 2.42. The molecule has 3 rings (SSSR count). The number of aryl methyl sites for hydroxylation is 1. The summed E-state index contributed by atoms with van der Waals surface area (Å²) in [5, 5.41) is 0.850. The fourth-order valence-electron chi connectivity index (χ4n) is 5.05. The Labute approximate surface area is 153 Å². The first-order chi connectivity index (χ1) is 11.7. The fraction of sp³-hybridized carbons (Fsp3) is 0.652. The third-order valence-corrected chi connectivity index (χ3v) is 6.85. The molecule has 2 fully saturated rings. The number of halogens is 1. The van der Waals surface area contributed by atoms with Crippen LogP contribution in [0.4, 0.5) is 0 Å². The molecule has 0 radical (unpaired) electrons. The average molecular weight is 345 g/mol. The van der Waals surface area contributed by atoms with Crippen LogP contribution < -0.4 is 0 Å². The molecular weight excluding hydrogens is 312 g/mol. The normalized spacial score (nSPS) is 31.4. The maximum Gasteiger partial charge on any atom is 0.0406 e. The molecule has 0 saturated heterocycles. The summed E-state index contributed by atoms with van der Waals surface area (Å²) >= 11 is 5.97. The lowest BCUT2D eigenvalue weighted by Gasteiger charge is -2.37. The van der Waals surface area contributed by atoms with Gasteiger partial charge in [0.25, 0.3) is 0 Å². The van der Waals surface area contributed by atoms with Crippen LogP contribution in [-0.4, -0.2) is 0 Å². The van der Waals surface area contributed by atoms with Gasteiger partial charge in [0.1, 0.15) is 0 Å². The fourth-order valence-corrected chi connectivity index (χ4v) is 5.18. The second-order valence-electron chi connectivity index (χ2n) is 8.15. The highest BCUT2D eigenvalue weighted by Gasteiger charge is 2.30. The minimum atomic E-state index is 0.850. The largest absolute Gasteiger partial charge is 0.0914 e. The van der Waals surface area contributed by atoms with Crippen molar-refractivity contribution >= 4 is 11.6 Å². The van der Waals surface area contributed by atoms with Gasteiger partial charge in [0, 0.05) is 5.02 Å². The number of allylic oxidation sites excluding steroid dienone is 2. The lowest BCUT2D eigenvalue weighted by atomic mass is 9.68. The van der Waals surface area contributed by atoms with Gasteiger partial charge < -0.3 is 0 Å². The van der Waals surface area contributed by atoms with E-state index in [0.717, 1.165) is 28.7 Å². The van der Waals surface area contributed by atoms with Gasteiger partial charge in [-0.05, 0) is 99.7 Å². The monoisotopic (exact) mass is 344 g/mol. The Morgan fingerprint density at radius 1 is 0.875 bits per heavy atom. The molecule has 1 heteroatoms. The van der Waals surface area contributed by atoms with Crippen molar-refractivity contribution in [2.24, 2.45) is 23.7 Å². The van der Waals surface area contributed by atoms with Crippen molar-refractivity contribution in [1.82, 2.24) is 0 Å². The van der Waals surface area contributed by atoms with E-state index in [1.54, 1.807) is 0 Å². The van der Waals surface area contributed by atoms with Crippen molar-refractivity contribution < 1.29 is 0 Å². The zero-order chi connectivity index (χ0) is 16.8. The predicted octanol–water partition coefficient (Wildman–Crippen LogP) is 7.46. The molecule has 24 heavy (non-hydrogen) atoms. The lowest BCUT2D eigenvalue weighted by Crippen LogP contribution is -2.25. The van der Waals surface area contributed by atoms with Gasteiger partial charge in [-0.2, -0.15) is 0 Å². The summed E-state index contributed by atoms with van der Waals surface area (Å²) in [4.78, 5) is 0. The molecule has 132 valence electrons. The molecule has 2 aliphatic rings. The van der Waals surface area contributed by atoms with E-state index < -0.39 is 0 Å². The molecule has 2 aliphatic carbocycles. The Morgan fingerprint density at radius 2 is 1.46 bits per heavy atom. The van der Waals surface area contributed by atoms with Crippen molar-refractivity contribution in [3.63, 3.8) is 0 Å². The van der Waals surface area contributed by atoms with Crippen LogP contribution in [0.1, 0.15) is 70.3 Å². The molecule has 2 saturated carbocycles. The van der Waals surface area contributed by atoms with E-state index in [4.69, 9.17) is 11.6 Å². The van der Waals surface area contributed by atoms with Gasteiger partial charge in [0.05, 0.1) is 0 Å². The van der Waals surface area contributed by atoms with E-state index in [0.29, 0.717) is 0 Å². The van der Waals surface area contributed by atoms with E-state index >= 15 is 0 Å². The van der Waals surface area contributed by atoms with Crippen molar-refractivity contribution in [2.75, 3.05) is 0 Å². The van der Waals surface area contributed by atoms with E-state index in [1.807, 2.05) is 12.1 Å². The molecule has 0 unspecified atom stereocenters. The maximum atomic E-state index is 5.97. The second-order valence-corrected chi connectivity index (χ2v) is 8.58. The van der Waals surface area contributed by atoms with Crippen LogP contribution >= 0.6 is 11.6 Å². The van der Waals surface area contributed by atoms with Crippen LogP contribution in [0.3, 0.4) is 0 Å². The Balaban J connectivity index is 1.37. The molecule has 1 aromatic carbocycles. The van der Waals surface area contributed by atoms with Crippen molar-refractivity contribution in [3.05, 3.63) is 47.0 Å². The van der Waals surface area contributed by atoms with Gasteiger partial charge in [-0.3, -0.25) is 0 Å². The van der Waals surface area contributed by atoms with Crippen LogP contribution in [0.5, 0.6) is 0 Å². The molecule has 0 spiro atoms. The van der Waals surface area contributed by atoms with E-state index in [1.165, 1.54) is 69.8 Å². The molecule has 0 atom stereocenters. The van der Waals surface area contributed by atoms with Gasteiger partial charge >= 0.3 is 0 Å². The number of benzene rings is 1. The summed E-state index contributed by atoms with van der Waals surface area (Å²) in [6.07, 6.45) is 19.0. The summed E-state index contributed by atoms with van der Waals surface area (Å²) in [5.74, 6) is 3.89. The summed E-state index contributed by atoms with van der Waals surface area (Å²) < 4.78 is 0. The Morgan fingerprint density at radius 3 is 2.04 bits per heavy atom. The van der Waals surface area contributed by atoms with Crippen LogP contribution in [-0.2, 0) is 6.42 Å². The first-order valence-corrected chi connectivity index (χ1v) is 10.5. The minimum absolute atomic E-state index is 0.850. The standard InChI is InChI=1S/C23H33Cl/c1-2-3-18-6-12-21(13-7-18)22-14-8-19(9-15-22)4-5-20-10-16-23(24)17-11-20/h2-3,10-11,16-19,21-22H,4-9,12-15H2,1H3/b3-2+/t18-,19?,21-,22?. The number of rotatable bonds is 5. The van der Waals surface area contributed by atoms with E-state index in [-0.39, 0.29) is 0 Å². The van der Waals surface area contributed by atoms with Crippen LogP contribution in [0.25, 0.3) is 0 Å². The quantitative estimate of drug-likeness (QED) is 0.486. The molecule has 0 nitrogen and oxygen atoms in total. The Bertz CT molecular complexity index is 499. The number of hydrogen-bond donors (Lipinski definition) is 0. The van der Waals surface area contributed by atoms with Crippen LogP contribution in [0.15, 0.2) is 36.4 Å². The van der Waals surface area contributed by atoms with Gasteiger partial charge in [-0.15, -0.1) is 0 Å². The maximum absolute atomic E-state index is 5.97. The van der Waals surface area contributed by atoms with Gasteiger partial charge in [0.2, 0.25) is 0 Å². The van der Waals surface area contributed by atoms with Gasteiger partial charge in [0.15, 0.2) is 0 Å². The predicted molar refractivity (Wildman–Crippen MR) is 105 cm³/mol. The molecule has 0 amide bonds. The third-order valence-electron chi connectivity index (χ3n) is 6.59. The smallest absolute Gasteiger partial charge is 0.0406 e. The summed E-state index contributed by atoms with van der Waals surface area (Å²) in [6.45, 7) is 2.16. The summed E-state index contributed by atoms with van der Waals surface area (Å²) in [7, 11) is 0. The van der Waals surface area contributed by atoms with Crippen molar-refractivity contribution in [2.45, 2.75) is 71.1 Å². The molecular formula is C23H33Cl. The minimum Gasteiger partial charge on any atom is -0.0914 e. The highest BCUT2D eigenvalue weighted by atomic mass is 35.5. The molecule has 0 N–H and O–H groups in total. The Hall–Kier alpha value is -0.750. The molecule has 1 aromatic rings. The first-order valence-electron chi connectivity index (χ1n) is 10.1. The zero-order valence-electron chi connectivity index (χ0n) is 15.2. The first kappa shape index (κ1) is 18.1. The van der Waals surface area contributed by atoms with E-state index in [9.17, 15) is 0 Å². The molecule has 0 aliphatic heterocycles. The number of hydrogen-bond acceptors (Lipinski definition) is 0. The third kappa shape index (κ3) is 5.12. The zero-order valence-corrected chi connectivity index (χ0v) is 16.0. The summed E-state index contributed by atoms with van der Waals surface area (Å²) in [6, 6.07) is 8.43.